The molecule has 0 unspecified atom stereocenters. The highest BCUT2D eigenvalue weighted by Crippen LogP contribution is 2.30. The number of rotatable bonds is 3. The number of aromatic nitrogens is 3. The summed E-state index contributed by atoms with van der Waals surface area (Å²) in [7, 11) is 3.54. The van der Waals surface area contributed by atoms with E-state index in [0.717, 1.165) is 64.9 Å². The molecule has 3 N–H and O–H groups in total. The molecule has 4 heterocycles. The lowest BCUT2D eigenvalue weighted by Gasteiger charge is -2.32. The zero-order chi connectivity index (χ0) is 24.4. The Hall–Kier alpha value is -3.72. The van der Waals surface area contributed by atoms with Crippen LogP contribution in [0.2, 0.25) is 0 Å². The van der Waals surface area contributed by atoms with Gasteiger partial charge < -0.3 is 20.7 Å². The Morgan fingerprint density at radius 3 is 2.83 bits per heavy atom. The van der Waals surface area contributed by atoms with Crippen molar-refractivity contribution in [1.29, 1.82) is 0 Å². The highest BCUT2D eigenvalue weighted by Gasteiger charge is 2.27. The molecule has 0 atom stereocenters. The zero-order valence-corrected chi connectivity index (χ0v) is 20.2. The van der Waals surface area contributed by atoms with E-state index in [-0.39, 0.29) is 12.1 Å². The van der Waals surface area contributed by atoms with E-state index in [1.165, 1.54) is 0 Å². The SMILES string of the molecule is CNC(=O)N1CCC(=NC2CCOCC2)C(=C(N)c2cccc3cc(-c4cnn(C)c4)ncc23)C1. The number of amides is 2. The number of pyridine rings is 1. The van der Waals surface area contributed by atoms with E-state index in [2.05, 4.69) is 22.5 Å². The van der Waals surface area contributed by atoms with Crippen molar-refractivity contribution in [2.75, 3.05) is 33.4 Å². The van der Waals surface area contributed by atoms with Crippen molar-refractivity contribution in [2.45, 2.75) is 25.3 Å². The lowest BCUT2D eigenvalue weighted by molar-refractivity contribution is 0.0870. The summed E-state index contributed by atoms with van der Waals surface area (Å²) in [6.07, 6.45) is 8.12. The van der Waals surface area contributed by atoms with Crippen LogP contribution in [0.5, 0.6) is 0 Å². The number of fused-ring (bicyclic) bond motifs is 1. The van der Waals surface area contributed by atoms with Crippen LogP contribution in [0.3, 0.4) is 0 Å². The number of piperidine rings is 1. The summed E-state index contributed by atoms with van der Waals surface area (Å²) in [4.78, 5) is 24.0. The van der Waals surface area contributed by atoms with Crippen LogP contribution in [-0.4, -0.2) is 70.8 Å². The number of aryl methyl sites for hydroxylation is 1. The molecule has 2 saturated heterocycles. The number of carbonyl (C=O) groups is 1. The third-order valence-electron chi connectivity index (χ3n) is 6.73. The van der Waals surface area contributed by atoms with Crippen molar-refractivity contribution in [3.8, 4) is 11.3 Å². The molecule has 2 aliphatic heterocycles. The highest BCUT2D eigenvalue weighted by molar-refractivity contribution is 6.10. The second kappa shape index (κ2) is 9.87. The van der Waals surface area contributed by atoms with E-state index < -0.39 is 0 Å². The lowest BCUT2D eigenvalue weighted by atomic mass is 9.94. The summed E-state index contributed by atoms with van der Waals surface area (Å²) in [5, 5.41) is 9.00. The summed E-state index contributed by atoms with van der Waals surface area (Å²) in [5.41, 5.74) is 12.1. The second-order valence-corrected chi connectivity index (χ2v) is 9.04. The van der Waals surface area contributed by atoms with Crippen molar-refractivity contribution < 1.29 is 9.53 Å². The van der Waals surface area contributed by atoms with Crippen LogP contribution < -0.4 is 11.1 Å². The average Bonchev–Trinajstić information content (AvgIpc) is 3.34. The summed E-state index contributed by atoms with van der Waals surface area (Å²) in [6, 6.07) is 8.26. The molecule has 2 aromatic heterocycles. The molecule has 3 aromatic rings. The van der Waals surface area contributed by atoms with Gasteiger partial charge in [0.05, 0.1) is 24.5 Å². The van der Waals surface area contributed by atoms with E-state index in [0.29, 0.717) is 25.2 Å². The summed E-state index contributed by atoms with van der Waals surface area (Å²) < 4.78 is 7.27. The fraction of sp³-hybridized carbons (Fsp3) is 0.385. The molecule has 35 heavy (non-hydrogen) atoms. The summed E-state index contributed by atoms with van der Waals surface area (Å²) in [5.74, 6) is 0. The van der Waals surface area contributed by atoms with E-state index in [9.17, 15) is 4.79 Å². The number of nitrogens with two attached hydrogens (primary N) is 1. The van der Waals surface area contributed by atoms with Gasteiger partial charge in [-0.25, -0.2) is 4.79 Å². The Kier molecular flexibility index (Phi) is 6.50. The Bertz CT molecular complexity index is 1300. The normalized spacial score (nSPS) is 19.8. The van der Waals surface area contributed by atoms with Gasteiger partial charge >= 0.3 is 6.03 Å². The maximum atomic E-state index is 12.4. The second-order valence-electron chi connectivity index (χ2n) is 9.04. The van der Waals surface area contributed by atoms with Crippen LogP contribution in [0, 0.1) is 0 Å². The molecule has 0 saturated carbocycles. The van der Waals surface area contributed by atoms with Crippen LogP contribution >= 0.6 is 0 Å². The minimum atomic E-state index is -0.110. The third kappa shape index (κ3) is 4.77. The molecule has 0 radical (unpaired) electrons. The van der Waals surface area contributed by atoms with Crippen molar-refractivity contribution in [2.24, 2.45) is 17.8 Å². The highest BCUT2D eigenvalue weighted by atomic mass is 16.5. The first kappa shape index (κ1) is 23.0. The van der Waals surface area contributed by atoms with Gasteiger partial charge in [0.15, 0.2) is 0 Å². The van der Waals surface area contributed by atoms with Crippen molar-refractivity contribution in [3.05, 3.63) is 54.0 Å². The fourth-order valence-corrected chi connectivity index (χ4v) is 4.78. The number of carbonyl (C=O) groups excluding carboxylic acids is 1. The van der Waals surface area contributed by atoms with Gasteiger partial charge in [-0.2, -0.15) is 5.10 Å². The Labute approximate surface area is 204 Å². The number of urea groups is 1. The summed E-state index contributed by atoms with van der Waals surface area (Å²) >= 11 is 0. The minimum absolute atomic E-state index is 0.110. The Balaban J connectivity index is 1.57. The van der Waals surface area contributed by atoms with Crippen LogP contribution in [0.1, 0.15) is 24.8 Å². The molecular weight excluding hydrogens is 442 g/mol. The molecule has 2 fully saturated rings. The number of aliphatic imine (C=N–C) groups is 1. The zero-order valence-electron chi connectivity index (χ0n) is 20.2. The molecule has 2 amide bonds. The van der Waals surface area contributed by atoms with Crippen LogP contribution in [0.4, 0.5) is 4.79 Å². The number of nitrogens with zero attached hydrogens (tertiary/aromatic N) is 5. The Morgan fingerprint density at radius 1 is 1.26 bits per heavy atom. The molecule has 0 bridgehead atoms. The van der Waals surface area contributed by atoms with Crippen LogP contribution in [-0.2, 0) is 11.8 Å². The van der Waals surface area contributed by atoms with Gasteiger partial charge in [-0.15, -0.1) is 0 Å². The quantitative estimate of drug-likeness (QED) is 0.608. The van der Waals surface area contributed by atoms with Crippen molar-refractivity contribution >= 4 is 28.2 Å². The predicted octanol–water partition coefficient (Wildman–Crippen LogP) is 2.97. The standard InChI is InChI=1S/C26H31N7O2/c1-28-26(34)33-9-6-23(31-19-7-10-35-11-8-19)22(16-33)25(27)20-5-3-4-17-12-24(29-14-21(17)20)18-13-30-32(2)15-18/h3-5,12-15,19H,6-11,16,27H2,1-2H3,(H,28,34). The number of ether oxygens (including phenoxy) is 1. The molecule has 0 aliphatic carbocycles. The van der Waals surface area contributed by atoms with Gasteiger partial charge in [-0.3, -0.25) is 14.7 Å². The van der Waals surface area contributed by atoms with Gasteiger partial charge in [0.1, 0.15) is 0 Å². The fourth-order valence-electron chi connectivity index (χ4n) is 4.78. The molecule has 5 rings (SSSR count). The first-order valence-corrected chi connectivity index (χ1v) is 12.0. The maximum absolute atomic E-state index is 12.4. The Morgan fingerprint density at radius 2 is 2.09 bits per heavy atom. The monoisotopic (exact) mass is 473 g/mol. The van der Waals surface area contributed by atoms with Crippen molar-refractivity contribution in [3.63, 3.8) is 0 Å². The van der Waals surface area contributed by atoms with E-state index >= 15 is 0 Å². The predicted molar refractivity (Wildman–Crippen MR) is 137 cm³/mol. The molecular formula is C26H31N7O2. The molecule has 9 nitrogen and oxygen atoms in total. The topological polar surface area (TPSA) is 111 Å². The van der Waals surface area contributed by atoms with Gasteiger partial charge in [-0.05, 0) is 24.3 Å². The number of hydrogen-bond acceptors (Lipinski definition) is 6. The average molecular weight is 474 g/mol. The van der Waals surface area contributed by atoms with Crippen LogP contribution in [0.15, 0.2) is 53.4 Å². The number of nitrogens with one attached hydrogen (secondary N) is 1. The third-order valence-corrected chi connectivity index (χ3v) is 6.73. The van der Waals surface area contributed by atoms with Gasteiger partial charge in [0.2, 0.25) is 0 Å². The maximum Gasteiger partial charge on any atom is 0.317 e. The van der Waals surface area contributed by atoms with Crippen LogP contribution in [0.25, 0.3) is 27.7 Å². The minimum Gasteiger partial charge on any atom is -0.398 e. The van der Waals surface area contributed by atoms with E-state index in [4.69, 9.17) is 20.4 Å². The number of hydrogen-bond donors (Lipinski definition) is 2. The van der Waals surface area contributed by atoms with Crippen molar-refractivity contribution in [1.82, 2.24) is 25.0 Å². The molecule has 0 spiro atoms. The van der Waals surface area contributed by atoms with Gasteiger partial charge in [0, 0.05) is 86.2 Å². The molecule has 2 aliphatic rings. The van der Waals surface area contributed by atoms with E-state index in [1.54, 1.807) is 16.6 Å². The van der Waals surface area contributed by atoms with Gasteiger partial charge in [0.25, 0.3) is 0 Å². The molecule has 182 valence electrons. The number of likely N-dealkylation sites (tertiary alicyclic amines) is 1. The number of benzene rings is 1. The smallest absolute Gasteiger partial charge is 0.317 e. The molecule has 9 heteroatoms. The largest absolute Gasteiger partial charge is 0.398 e. The lowest BCUT2D eigenvalue weighted by Crippen LogP contribution is -2.45. The molecule has 1 aromatic carbocycles. The summed E-state index contributed by atoms with van der Waals surface area (Å²) in [6.45, 7) is 2.50. The first-order chi connectivity index (χ1) is 17.0. The van der Waals surface area contributed by atoms with Gasteiger partial charge in [-0.1, -0.05) is 18.2 Å². The van der Waals surface area contributed by atoms with E-state index in [1.807, 2.05) is 37.8 Å². The first-order valence-electron chi connectivity index (χ1n) is 12.0.